The van der Waals surface area contributed by atoms with Gasteiger partial charge in [-0.2, -0.15) is 5.26 Å². The van der Waals surface area contributed by atoms with Crippen molar-refractivity contribution in [1.29, 1.82) is 5.26 Å². The maximum atomic E-state index is 14.3. The number of benzene rings is 1. The minimum Gasteiger partial charge on any atom is -0.369 e. The molecular weight excluding hydrogens is 307 g/mol. The molecule has 0 aliphatic heterocycles. The first-order valence-electron chi connectivity index (χ1n) is 6.67. The van der Waals surface area contributed by atoms with Gasteiger partial charge in [0.2, 0.25) is 0 Å². The van der Waals surface area contributed by atoms with E-state index in [9.17, 15) is 4.39 Å². The summed E-state index contributed by atoms with van der Waals surface area (Å²) in [5.41, 5.74) is 0.913. The Hall–Kier alpha value is -1.08. The third-order valence-electron chi connectivity index (χ3n) is 4.13. The maximum absolute atomic E-state index is 14.3. The second-order valence-corrected chi connectivity index (χ2v) is 6.11. The molecule has 2 nitrogen and oxygen atoms in total. The lowest BCUT2D eigenvalue weighted by Crippen LogP contribution is -2.39. The molecule has 0 amide bonds. The standard InChI is InChI=1S/C15H18BrFN2/c1-10-5-3-4-6-12(10)19(2)13-8-7-11(9-18)14(16)15(13)17/h7-8,10,12H,3-6H2,1-2H3. The number of nitrogens with zero attached hydrogens (tertiary/aromatic N) is 2. The van der Waals surface area contributed by atoms with E-state index in [0.717, 1.165) is 6.42 Å². The van der Waals surface area contributed by atoms with Crippen LogP contribution in [0.15, 0.2) is 16.6 Å². The molecule has 0 N–H and O–H groups in total. The van der Waals surface area contributed by atoms with Gasteiger partial charge in [0.1, 0.15) is 6.07 Å². The zero-order valence-corrected chi connectivity index (χ0v) is 12.9. The number of rotatable bonds is 2. The largest absolute Gasteiger partial charge is 0.369 e. The number of nitriles is 1. The molecule has 2 atom stereocenters. The fourth-order valence-corrected chi connectivity index (χ4v) is 3.37. The molecule has 2 rings (SSSR count). The van der Waals surface area contributed by atoms with Crippen molar-refractivity contribution in [3.63, 3.8) is 0 Å². The average Bonchev–Trinajstić information content (AvgIpc) is 2.41. The average molecular weight is 325 g/mol. The Balaban J connectivity index is 2.31. The Kier molecular flexibility index (Phi) is 4.46. The van der Waals surface area contributed by atoms with E-state index >= 15 is 0 Å². The summed E-state index contributed by atoms with van der Waals surface area (Å²) in [6, 6.07) is 5.74. The lowest BCUT2D eigenvalue weighted by Gasteiger charge is -2.38. The highest BCUT2D eigenvalue weighted by Crippen LogP contribution is 2.34. The first-order valence-corrected chi connectivity index (χ1v) is 7.46. The Morgan fingerprint density at radius 3 is 2.68 bits per heavy atom. The van der Waals surface area contributed by atoms with Crippen molar-refractivity contribution in [3.05, 3.63) is 28.0 Å². The third kappa shape index (κ3) is 2.76. The number of hydrogen-bond donors (Lipinski definition) is 0. The topological polar surface area (TPSA) is 27.0 Å². The van der Waals surface area contributed by atoms with Gasteiger partial charge in [-0.05, 0) is 46.8 Å². The van der Waals surface area contributed by atoms with Gasteiger partial charge in [-0.15, -0.1) is 0 Å². The smallest absolute Gasteiger partial charge is 0.161 e. The molecule has 4 heteroatoms. The normalized spacial score (nSPS) is 22.9. The predicted molar refractivity (Wildman–Crippen MR) is 78.6 cm³/mol. The van der Waals surface area contributed by atoms with Gasteiger partial charge >= 0.3 is 0 Å². The van der Waals surface area contributed by atoms with Gasteiger partial charge in [-0.25, -0.2) is 4.39 Å². The zero-order valence-electron chi connectivity index (χ0n) is 11.3. The van der Waals surface area contributed by atoms with E-state index < -0.39 is 0 Å². The number of halogens is 2. The highest BCUT2D eigenvalue weighted by molar-refractivity contribution is 9.10. The lowest BCUT2D eigenvalue weighted by molar-refractivity contribution is 0.320. The van der Waals surface area contributed by atoms with Gasteiger partial charge in [-0.3, -0.25) is 0 Å². The van der Waals surface area contributed by atoms with Crippen molar-refractivity contribution in [2.24, 2.45) is 5.92 Å². The van der Waals surface area contributed by atoms with Crippen LogP contribution >= 0.6 is 15.9 Å². The molecule has 19 heavy (non-hydrogen) atoms. The molecule has 102 valence electrons. The van der Waals surface area contributed by atoms with Gasteiger partial charge in [0.15, 0.2) is 5.82 Å². The van der Waals surface area contributed by atoms with Gasteiger partial charge in [0, 0.05) is 13.1 Å². The summed E-state index contributed by atoms with van der Waals surface area (Å²) in [6.45, 7) is 2.23. The van der Waals surface area contributed by atoms with Crippen LogP contribution in [0.25, 0.3) is 0 Å². The second-order valence-electron chi connectivity index (χ2n) is 5.31. The van der Waals surface area contributed by atoms with Crippen molar-refractivity contribution >= 4 is 21.6 Å². The minimum absolute atomic E-state index is 0.266. The summed E-state index contributed by atoms with van der Waals surface area (Å²) < 4.78 is 14.6. The van der Waals surface area contributed by atoms with Crippen LogP contribution < -0.4 is 4.90 Å². The van der Waals surface area contributed by atoms with Crippen molar-refractivity contribution in [2.75, 3.05) is 11.9 Å². The van der Waals surface area contributed by atoms with E-state index in [4.69, 9.17) is 5.26 Å². The molecule has 0 radical (unpaired) electrons. The summed E-state index contributed by atoms with van der Waals surface area (Å²) in [5.74, 6) is 0.242. The molecule has 1 aliphatic carbocycles. The first kappa shape index (κ1) is 14.3. The number of anilines is 1. The van der Waals surface area contributed by atoms with Crippen LogP contribution in [0.1, 0.15) is 38.2 Å². The molecule has 1 saturated carbocycles. The van der Waals surface area contributed by atoms with Crippen LogP contribution in [0, 0.1) is 23.1 Å². The molecule has 0 heterocycles. The molecule has 2 unspecified atom stereocenters. The monoisotopic (exact) mass is 324 g/mol. The van der Waals surface area contributed by atoms with Crippen molar-refractivity contribution in [1.82, 2.24) is 0 Å². The molecule has 0 aromatic heterocycles. The highest BCUT2D eigenvalue weighted by atomic mass is 79.9. The molecular formula is C15H18BrFN2. The number of hydrogen-bond acceptors (Lipinski definition) is 2. The molecule has 1 aromatic carbocycles. The molecule has 0 bridgehead atoms. The van der Waals surface area contributed by atoms with E-state index in [1.807, 2.05) is 18.0 Å². The van der Waals surface area contributed by atoms with E-state index in [0.29, 0.717) is 23.2 Å². The Morgan fingerprint density at radius 2 is 2.05 bits per heavy atom. The predicted octanol–water partition coefficient (Wildman–Crippen LogP) is 4.47. The molecule has 1 aromatic rings. The Morgan fingerprint density at radius 1 is 1.37 bits per heavy atom. The fraction of sp³-hybridized carbons (Fsp3) is 0.533. The van der Waals surface area contributed by atoms with Gasteiger partial charge in [-0.1, -0.05) is 19.8 Å². The first-order chi connectivity index (χ1) is 9.06. The van der Waals surface area contributed by atoms with E-state index in [1.54, 1.807) is 12.1 Å². The van der Waals surface area contributed by atoms with Crippen LogP contribution in [0.5, 0.6) is 0 Å². The molecule has 1 aliphatic rings. The summed E-state index contributed by atoms with van der Waals surface area (Å²) in [6.07, 6.45) is 4.78. The van der Waals surface area contributed by atoms with Crippen LogP contribution in [-0.2, 0) is 0 Å². The summed E-state index contributed by atoms with van der Waals surface area (Å²) >= 11 is 3.17. The van der Waals surface area contributed by atoms with Crippen LogP contribution in [0.3, 0.4) is 0 Å². The van der Waals surface area contributed by atoms with Crippen LogP contribution in [-0.4, -0.2) is 13.1 Å². The van der Waals surface area contributed by atoms with Gasteiger partial charge in [0.25, 0.3) is 0 Å². The summed E-state index contributed by atoms with van der Waals surface area (Å²) in [5, 5.41) is 8.90. The van der Waals surface area contributed by atoms with Crippen molar-refractivity contribution < 1.29 is 4.39 Å². The van der Waals surface area contributed by atoms with Crippen LogP contribution in [0.4, 0.5) is 10.1 Å². The zero-order chi connectivity index (χ0) is 14.0. The quantitative estimate of drug-likeness (QED) is 0.802. The Bertz CT molecular complexity index is 510. The highest BCUT2D eigenvalue weighted by Gasteiger charge is 2.27. The molecule has 0 spiro atoms. The minimum atomic E-state index is -0.334. The third-order valence-corrected chi connectivity index (χ3v) is 4.90. The Labute approximate surface area is 122 Å². The molecule has 1 fully saturated rings. The fourth-order valence-electron chi connectivity index (χ4n) is 2.95. The van der Waals surface area contributed by atoms with Crippen molar-refractivity contribution in [3.8, 4) is 6.07 Å². The lowest BCUT2D eigenvalue weighted by atomic mass is 9.85. The molecule has 0 saturated heterocycles. The maximum Gasteiger partial charge on any atom is 0.161 e. The summed E-state index contributed by atoms with van der Waals surface area (Å²) in [4.78, 5) is 2.03. The van der Waals surface area contributed by atoms with E-state index in [2.05, 4.69) is 22.9 Å². The van der Waals surface area contributed by atoms with E-state index in [-0.39, 0.29) is 10.3 Å². The van der Waals surface area contributed by atoms with E-state index in [1.165, 1.54) is 19.3 Å². The van der Waals surface area contributed by atoms with Gasteiger partial charge < -0.3 is 4.90 Å². The van der Waals surface area contributed by atoms with Gasteiger partial charge in [0.05, 0.1) is 15.7 Å². The summed E-state index contributed by atoms with van der Waals surface area (Å²) in [7, 11) is 1.95. The van der Waals surface area contributed by atoms with Crippen molar-refractivity contribution in [2.45, 2.75) is 38.6 Å². The second kappa shape index (κ2) is 5.92. The SMILES string of the molecule is CC1CCCCC1N(C)c1ccc(C#N)c(Br)c1F. The van der Waals surface area contributed by atoms with Crippen LogP contribution in [0.2, 0.25) is 0 Å².